The van der Waals surface area contributed by atoms with Crippen molar-refractivity contribution in [2.75, 3.05) is 0 Å². The topological polar surface area (TPSA) is 25.8 Å². The number of fused-ring (bicyclic) bond motifs is 5. The lowest BCUT2D eigenvalue weighted by atomic mass is 9.85. The number of hydrogen-bond donors (Lipinski definition) is 0. The number of aromatic nitrogens is 2. The Kier molecular flexibility index (Phi) is 5.02. The van der Waals surface area contributed by atoms with E-state index in [9.17, 15) is 0 Å². The highest BCUT2D eigenvalue weighted by Crippen LogP contribution is 2.52. The largest absolute Gasteiger partial charge is 0.256 e. The summed E-state index contributed by atoms with van der Waals surface area (Å²) in [5.74, 6) is 0. The van der Waals surface area contributed by atoms with E-state index in [0.717, 1.165) is 24.1 Å². The summed E-state index contributed by atoms with van der Waals surface area (Å²) in [7, 11) is 0. The second-order valence-electron chi connectivity index (χ2n) is 12.4. The van der Waals surface area contributed by atoms with Crippen molar-refractivity contribution in [1.29, 1.82) is 0 Å². The van der Waals surface area contributed by atoms with Crippen LogP contribution in [0.2, 0.25) is 0 Å². The standard InChI is InChI=1S/C32H32N2S/c1-31(2,3)17-19-9-10-20-16-26-27-22(23(20)14-19)11-13-34-29(27)24-15-21-8-7-12-33-28(21)25(30(24)35-26)18-32(4,5)6/h7-16H,17-18H2,1-6H3. The first-order chi connectivity index (χ1) is 16.6. The van der Waals surface area contributed by atoms with Crippen molar-refractivity contribution in [3.63, 3.8) is 0 Å². The SMILES string of the molecule is CC(C)(C)Cc1ccc2cc3c4c(nccc4c2c1)-c1cc2cccnc2c(CC(C)(C)C)c1S3. The van der Waals surface area contributed by atoms with Crippen LogP contribution in [-0.4, -0.2) is 9.97 Å². The van der Waals surface area contributed by atoms with E-state index in [2.05, 4.69) is 84.0 Å². The molecule has 0 amide bonds. The van der Waals surface area contributed by atoms with Crippen LogP contribution in [0.4, 0.5) is 0 Å². The third-order valence-electron chi connectivity index (χ3n) is 6.74. The molecule has 2 nitrogen and oxygen atoms in total. The molecule has 35 heavy (non-hydrogen) atoms. The van der Waals surface area contributed by atoms with Gasteiger partial charge in [-0.05, 0) is 75.2 Å². The van der Waals surface area contributed by atoms with Gasteiger partial charge in [0, 0.05) is 38.5 Å². The van der Waals surface area contributed by atoms with Gasteiger partial charge in [-0.3, -0.25) is 9.97 Å². The molecular weight excluding hydrogens is 444 g/mol. The molecule has 3 heterocycles. The second-order valence-corrected chi connectivity index (χ2v) is 13.4. The first kappa shape index (κ1) is 22.5. The molecule has 6 rings (SSSR count). The van der Waals surface area contributed by atoms with Gasteiger partial charge in [0.2, 0.25) is 0 Å². The Hall–Kier alpha value is -2.91. The van der Waals surface area contributed by atoms with Gasteiger partial charge in [0.25, 0.3) is 0 Å². The van der Waals surface area contributed by atoms with Crippen LogP contribution in [0.25, 0.3) is 43.7 Å². The van der Waals surface area contributed by atoms with Gasteiger partial charge in [0.15, 0.2) is 0 Å². The van der Waals surface area contributed by atoms with Gasteiger partial charge in [-0.15, -0.1) is 0 Å². The molecule has 0 saturated carbocycles. The number of nitrogens with zero attached hydrogens (tertiary/aromatic N) is 2. The van der Waals surface area contributed by atoms with Gasteiger partial charge >= 0.3 is 0 Å². The molecule has 3 heteroatoms. The summed E-state index contributed by atoms with van der Waals surface area (Å²) in [5.41, 5.74) is 6.64. The first-order valence-corrected chi connectivity index (χ1v) is 13.3. The third kappa shape index (κ3) is 4.00. The highest BCUT2D eigenvalue weighted by molar-refractivity contribution is 8.00. The molecule has 0 N–H and O–H groups in total. The maximum absolute atomic E-state index is 4.98. The summed E-state index contributed by atoms with van der Waals surface area (Å²) in [4.78, 5) is 12.4. The number of pyridine rings is 2. The Morgan fingerprint density at radius 1 is 0.743 bits per heavy atom. The molecule has 0 aliphatic carbocycles. The molecule has 5 aromatic rings. The van der Waals surface area contributed by atoms with Gasteiger partial charge < -0.3 is 0 Å². The van der Waals surface area contributed by atoms with Crippen molar-refractivity contribution in [2.45, 2.75) is 64.2 Å². The van der Waals surface area contributed by atoms with E-state index in [0.29, 0.717) is 0 Å². The number of hydrogen-bond acceptors (Lipinski definition) is 3. The molecule has 0 atom stereocenters. The molecule has 0 bridgehead atoms. The van der Waals surface area contributed by atoms with Crippen LogP contribution in [0, 0.1) is 10.8 Å². The Bertz CT molecular complexity index is 1630. The van der Waals surface area contributed by atoms with Crippen molar-refractivity contribution in [3.05, 3.63) is 72.1 Å². The number of rotatable bonds is 2. The molecule has 0 radical (unpaired) electrons. The summed E-state index contributed by atoms with van der Waals surface area (Å²) in [5, 5.41) is 6.42. The molecule has 0 spiro atoms. The van der Waals surface area contributed by atoms with E-state index in [1.807, 2.05) is 30.2 Å². The quantitative estimate of drug-likeness (QED) is 0.233. The van der Waals surface area contributed by atoms with Gasteiger partial charge in [-0.2, -0.15) is 0 Å². The fourth-order valence-electron chi connectivity index (χ4n) is 5.49. The summed E-state index contributed by atoms with van der Waals surface area (Å²) in [6.07, 6.45) is 5.96. The highest BCUT2D eigenvalue weighted by atomic mass is 32.2. The van der Waals surface area contributed by atoms with Gasteiger partial charge in [-0.1, -0.05) is 77.6 Å². The van der Waals surface area contributed by atoms with Crippen molar-refractivity contribution < 1.29 is 0 Å². The average molecular weight is 477 g/mol. The lowest BCUT2D eigenvalue weighted by Crippen LogP contribution is -2.12. The van der Waals surface area contributed by atoms with E-state index in [1.54, 1.807) is 0 Å². The molecule has 2 aromatic heterocycles. The summed E-state index contributed by atoms with van der Waals surface area (Å²) in [6.45, 7) is 13.8. The zero-order valence-electron chi connectivity index (χ0n) is 21.5. The molecule has 0 unspecified atom stereocenters. The van der Waals surface area contributed by atoms with Crippen LogP contribution < -0.4 is 0 Å². The minimum absolute atomic E-state index is 0.159. The lowest BCUT2D eigenvalue weighted by Gasteiger charge is -2.27. The van der Waals surface area contributed by atoms with Gasteiger partial charge in [0.05, 0.1) is 11.2 Å². The van der Waals surface area contributed by atoms with Gasteiger partial charge in [0.1, 0.15) is 0 Å². The molecule has 3 aromatic carbocycles. The average Bonchev–Trinajstić information content (AvgIpc) is 2.78. The van der Waals surface area contributed by atoms with Crippen molar-refractivity contribution in [1.82, 2.24) is 9.97 Å². The smallest absolute Gasteiger partial charge is 0.0803 e. The predicted molar refractivity (Wildman–Crippen MR) is 150 cm³/mol. The van der Waals surface area contributed by atoms with E-state index in [4.69, 9.17) is 9.97 Å². The summed E-state index contributed by atoms with van der Waals surface area (Å²) in [6, 6.07) is 18.1. The summed E-state index contributed by atoms with van der Waals surface area (Å²) >= 11 is 1.91. The summed E-state index contributed by atoms with van der Waals surface area (Å²) < 4.78 is 0. The Labute approximate surface area is 212 Å². The van der Waals surface area contributed by atoms with Crippen molar-refractivity contribution in [2.24, 2.45) is 10.8 Å². The molecule has 0 fully saturated rings. The lowest BCUT2D eigenvalue weighted by molar-refractivity contribution is 0.409. The van der Waals surface area contributed by atoms with Crippen LogP contribution >= 0.6 is 11.8 Å². The molecule has 176 valence electrons. The maximum Gasteiger partial charge on any atom is 0.0803 e. The van der Waals surface area contributed by atoms with Crippen LogP contribution in [0.1, 0.15) is 52.7 Å². The Morgan fingerprint density at radius 3 is 2.31 bits per heavy atom. The first-order valence-electron chi connectivity index (χ1n) is 12.5. The van der Waals surface area contributed by atoms with E-state index < -0.39 is 0 Å². The predicted octanol–water partition coefficient (Wildman–Crippen LogP) is 9.24. The van der Waals surface area contributed by atoms with Gasteiger partial charge in [-0.25, -0.2) is 0 Å². The van der Waals surface area contributed by atoms with Crippen LogP contribution in [0.3, 0.4) is 0 Å². The maximum atomic E-state index is 4.98. The fraction of sp³-hybridized carbons (Fsp3) is 0.312. The van der Waals surface area contributed by atoms with Crippen LogP contribution in [0.5, 0.6) is 0 Å². The highest BCUT2D eigenvalue weighted by Gasteiger charge is 2.28. The Balaban J connectivity index is 1.65. The van der Waals surface area contributed by atoms with Crippen LogP contribution in [0.15, 0.2) is 70.7 Å². The van der Waals surface area contributed by atoms with E-state index in [1.165, 1.54) is 53.4 Å². The van der Waals surface area contributed by atoms with Crippen molar-refractivity contribution >= 4 is 44.2 Å². The normalized spacial score (nSPS) is 13.5. The van der Waals surface area contributed by atoms with E-state index in [-0.39, 0.29) is 10.8 Å². The monoisotopic (exact) mass is 476 g/mol. The second kappa shape index (κ2) is 7.80. The zero-order valence-corrected chi connectivity index (χ0v) is 22.3. The Morgan fingerprint density at radius 2 is 1.54 bits per heavy atom. The van der Waals surface area contributed by atoms with E-state index >= 15 is 0 Å². The molecule has 1 aliphatic rings. The molecular formula is C32H32N2S. The van der Waals surface area contributed by atoms with Crippen molar-refractivity contribution in [3.8, 4) is 11.3 Å². The van der Waals surface area contributed by atoms with Crippen LogP contribution in [-0.2, 0) is 12.8 Å². The molecule has 1 aliphatic heterocycles. The third-order valence-corrected chi connectivity index (χ3v) is 7.96. The molecule has 0 saturated heterocycles. The minimum atomic E-state index is 0.159. The number of benzene rings is 3. The fourth-order valence-corrected chi connectivity index (χ4v) is 6.77. The zero-order chi connectivity index (χ0) is 24.5. The minimum Gasteiger partial charge on any atom is -0.256 e.